The number of nitrogens with zero attached hydrogens (tertiary/aromatic N) is 2. The third-order valence-corrected chi connectivity index (χ3v) is 3.47. The highest BCUT2D eigenvalue weighted by atomic mass is 35.5. The Balaban J connectivity index is 2.59. The minimum absolute atomic E-state index is 0.0533. The number of allylic oxidation sites excluding steroid dienone is 1. The average molecular weight is 299 g/mol. The molecule has 0 atom stereocenters. The topological polar surface area (TPSA) is 47.6 Å². The van der Waals surface area contributed by atoms with Gasteiger partial charge in [0.15, 0.2) is 0 Å². The van der Waals surface area contributed by atoms with Gasteiger partial charge < -0.3 is 0 Å². The van der Waals surface area contributed by atoms with Gasteiger partial charge in [-0.1, -0.05) is 53.5 Å². The predicted octanol–water partition coefficient (Wildman–Crippen LogP) is 5.09. The molecule has 0 aliphatic heterocycles. The van der Waals surface area contributed by atoms with E-state index in [0.717, 1.165) is 16.7 Å². The zero-order valence-corrected chi connectivity index (χ0v) is 11.8. The van der Waals surface area contributed by atoms with Gasteiger partial charge in [-0.3, -0.25) is 0 Å². The summed E-state index contributed by atoms with van der Waals surface area (Å²) >= 11 is 11.9. The van der Waals surface area contributed by atoms with Crippen LogP contribution in [0.3, 0.4) is 0 Å². The minimum Gasteiger partial charge on any atom is -0.192 e. The second-order valence-corrected chi connectivity index (χ2v) is 4.81. The first-order valence-electron chi connectivity index (χ1n) is 5.72. The lowest BCUT2D eigenvalue weighted by atomic mass is 9.98. The zero-order valence-electron chi connectivity index (χ0n) is 10.3. The van der Waals surface area contributed by atoms with E-state index in [1.807, 2.05) is 42.5 Å². The van der Waals surface area contributed by atoms with Crippen molar-refractivity contribution in [2.24, 2.45) is 0 Å². The fourth-order valence-electron chi connectivity index (χ4n) is 1.79. The van der Waals surface area contributed by atoms with E-state index < -0.39 is 0 Å². The fraction of sp³-hybridized carbons (Fsp3) is 0. The SMILES string of the molecule is N#CC(C#N)=Cc1ccccc1-c1ccc(Cl)c(Cl)c1. The molecule has 0 amide bonds. The lowest BCUT2D eigenvalue weighted by Gasteiger charge is -2.07. The third kappa shape index (κ3) is 3.00. The van der Waals surface area contributed by atoms with Crippen LogP contribution in [0, 0.1) is 22.7 Å². The maximum atomic E-state index is 8.85. The van der Waals surface area contributed by atoms with E-state index in [2.05, 4.69) is 0 Å². The van der Waals surface area contributed by atoms with E-state index in [-0.39, 0.29) is 5.57 Å². The number of hydrogen-bond donors (Lipinski definition) is 0. The molecule has 0 radical (unpaired) electrons. The highest BCUT2D eigenvalue weighted by molar-refractivity contribution is 6.42. The Morgan fingerprint density at radius 2 is 1.65 bits per heavy atom. The van der Waals surface area contributed by atoms with Crippen molar-refractivity contribution in [2.45, 2.75) is 0 Å². The first kappa shape index (κ1) is 14.2. The first-order chi connectivity index (χ1) is 9.65. The lowest BCUT2D eigenvalue weighted by molar-refractivity contribution is 1.47. The number of benzene rings is 2. The average Bonchev–Trinajstić information content (AvgIpc) is 2.48. The van der Waals surface area contributed by atoms with E-state index in [9.17, 15) is 0 Å². The summed E-state index contributed by atoms with van der Waals surface area (Å²) in [6, 6.07) is 16.5. The molecule has 4 heteroatoms. The standard InChI is InChI=1S/C16H8Cl2N2/c17-15-6-5-13(8-16(15)18)14-4-2-1-3-12(14)7-11(9-19)10-20/h1-8H. The van der Waals surface area contributed by atoms with E-state index >= 15 is 0 Å². The van der Waals surface area contributed by atoms with Crippen molar-refractivity contribution in [1.82, 2.24) is 0 Å². The number of hydrogen-bond acceptors (Lipinski definition) is 2. The van der Waals surface area contributed by atoms with Crippen molar-refractivity contribution in [1.29, 1.82) is 10.5 Å². The van der Waals surface area contributed by atoms with Crippen LogP contribution in [0.15, 0.2) is 48.0 Å². The summed E-state index contributed by atoms with van der Waals surface area (Å²) in [7, 11) is 0. The van der Waals surface area contributed by atoms with Crippen molar-refractivity contribution in [2.75, 3.05) is 0 Å². The molecule has 2 aromatic rings. The third-order valence-electron chi connectivity index (χ3n) is 2.73. The smallest absolute Gasteiger partial charge is 0.130 e. The summed E-state index contributed by atoms with van der Waals surface area (Å²) in [5, 5.41) is 18.6. The molecule has 0 saturated carbocycles. The Labute approximate surface area is 127 Å². The molecule has 0 N–H and O–H groups in total. The van der Waals surface area contributed by atoms with Gasteiger partial charge in [-0.05, 0) is 34.9 Å². The molecule has 2 aromatic carbocycles. The molecule has 0 saturated heterocycles. The number of halogens is 2. The summed E-state index contributed by atoms with van der Waals surface area (Å²) in [4.78, 5) is 0. The molecule has 0 fully saturated rings. The van der Waals surface area contributed by atoms with E-state index in [0.29, 0.717) is 10.0 Å². The molecule has 0 aliphatic rings. The summed E-state index contributed by atoms with van der Waals surface area (Å²) in [6.07, 6.45) is 1.55. The molecular weight excluding hydrogens is 291 g/mol. The number of rotatable bonds is 2. The van der Waals surface area contributed by atoms with Gasteiger partial charge in [0, 0.05) is 0 Å². The Morgan fingerprint density at radius 1 is 0.950 bits per heavy atom. The van der Waals surface area contributed by atoms with E-state index in [1.54, 1.807) is 18.2 Å². The van der Waals surface area contributed by atoms with Gasteiger partial charge in [0.2, 0.25) is 0 Å². The molecule has 96 valence electrons. The highest BCUT2D eigenvalue weighted by Crippen LogP contribution is 2.31. The second kappa shape index (κ2) is 6.26. The van der Waals surface area contributed by atoms with Crippen LogP contribution in [-0.4, -0.2) is 0 Å². The molecule has 0 unspecified atom stereocenters. The molecule has 2 rings (SSSR count). The summed E-state index contributed by atoms with van der Waals surface area (Å²) < 4.78 is 0. The Hall–Kier alpha value is -2.26. The summed E-state index contributed by atoms with van der Waals surface area (Å²) in [6.45, 7) is 0. The fourth-order valence-corrected chi connectivity index (χ4v) is 2.09. The van der Waals surface area contributed by atoms with Crippen molar-refractivity contribution < 1.29 is 0 Å². The summed E-state index contributed by atoms with van der Waals surface area (Å²) in [5.74, 6) is 0. The predicted molar refractivity (Wildman–Crippen MR) is 81.1 cm³/mol. The Kier molecular flexibility index (Phi) is 4.43. The van der Waals surface area contributed by atoms with Crippen LogP contribution in [0.4, 0.5) is 0 Å². The van der Waals surface area contributed by atoms with E-state index in [1.165, 1.54) is 0 Å². The van der Waals surface area contributed by atoms with E-state index in [4.69, 9.17) is 33.7 Å². The molecule has 0 bridgehead atoms. The van der Waals surface area contributed by atoms with Crippen LogP contribution in [-0.2, 0) is 0 Å². The monoisotopic (exact) mass is 298 g/mol. The van der Waals surface area contributed by atoms with Gasteiger partial charge in [-0.15, -0.1) is 0 Å². The van der Waals surface area contributed by atoms with Gasteiger partial charge in [-0.2, -0.15) is 10.5 Å². The zero-order chi connectivity index (χ0) is 14.5. The van der Waals surface area contributed by atoms with Crippen molar-refractivity contribution in [3.63, 3.8) is 0 Å². The molecule has 0 aromatic heterocycles. The quantitative estimate of drug-likeness (QED) is 0.725. The van der Waals surface area contributed by atoms with Crippen molar-refractivity contribution >= 4 is 29.3 Å². The lowest BCUT2D eigenvalue weighted by Crippen LogP contribution is -1.85. The van der Waals surface area contributed by atoms with Gasteiger partial charge >= 0.3 is 0 Å². The van der Waals surface area contributed by atoms with Crippen LogP contribution in [0.2, 0.25) is 10.0 Å². The van der Waals surface area contributed by atoms with Gasteiger partial charge in [0.1, 0.15) is 17.7 Å². The molecule has 0 spiro atoms. The van der Waals surface area contributed by atoms with Crippen LogP contribution < -0.4 is 0 Å². The minimum atomic E-state index is 0.0533. The molecule has 2 nitrogen and oxygen atoms in total. The largest absolute Gasteiger partial charge is 0.192 e. The maximum Gasteiger partial charge on any atom is 0.130 e. The Bertz CT molecular complexity index is 749. The van der Waals surface area contributed by atoms with Crippen molar-refractivity contribution in [3.8, 4) is 23.3 Å². The van der Waals surface area contributed by atoms with Gasteiger partial charge in [0.25, 0.3) is 0 Å². The second-order valence-electron chi connectivity index (χ2n) is 4.00. The summed E-state index contributed by atoms with van der Waals surface area (Å²) in [5.41, 5.74) is 2.59. The maximum absolute atomic E-state index is 8.85. The van der Waals surface area contributed by atoms with Crippen LogP contribution in [0.1, 0.15) is 5.56 Å². The molecular formula is C16H8Cl2N2. The van der Waals surface area contributed by atoms with Gasteiger partial charge in [-0.25, -0.2) is 0 Å². The molecule has 20 heavy (non-hydrogen) atoms. The number of nitriles is 2. The first-order valence-corrected chi connectivity index (χ1v) is 6.47. The normalized spacial score (nSPS) is 9.40. The van der Waals surface area contributed by atoms with Crippen LogP contribution >= 0.6 is 23.2 Å². The highest BCUT2D eigenvalue weighted by Gasteiger charge is 2.06. The molecule has 0 heterocycles. The van der Waals surface area contributed by atoms with Crippen LogP contribution in [0.5, 0.6) is 0 Å². The molecule has 0 aliphatic carbocycles. The Morgan fingerprint density at radius 3 is 2.30 bits per heavy atom. The van der Waals surface area contributed by atoms with Gasteiger partial charge in [0.05, 0.1) is 10.0 Å². The van der Waals surface area contributed by atoms with Crippen LogP contribution in [0.25, 0.3) is 17.2 Å². The van der Waals surface area contributed by atoms with Crippen molar-refractivity contribution in [3.05, 3.63) is 63.6 Å².